The monoisotopic (exact) mass is 178 g/mol. The highest BCUT2D eigenvalue weighted by Gasteiger charge is 2.11. The predicted molar refractivity (Wildman–Crippen MR) is 51.6 cm³/mol. The molecule has 0 aliphatic carbocycles. The van der Waals surface area contributed by atoms with Gasteiger partial charge in [-0.2, -0.15) is 5.10 Å². The van der Waals surface area contributed by atoms with Gasteiger partial charge in [0.25, 0.3) is 0 Å². The molecule has 6 heteroatoms. The molecule has 0 bridgehead atoms. The third-order valence-electron chi connectivity index (χ3n) is 1.88. The zero-order valence-electron chi connectivity index (χ0n) is 6.83. The number of nitrogens with one attached hydrogen (secondary N) is 2. The lowest BCUT2D eigenvalue weighted by atomic mass is 10.2. The molecule has 2 heterocycles. The van der Waals surface area contributed by atoms with Crippen molar-refractivity contribution in [3.63, 3.8) is 0 Å². The second-order valence-electron chi connectivity index (χ2n) is 2.70. The molecule has 0 saturated heterocycles. The first-order valence-electron chi connectivity index (χ1n) is 3.72. The van der Waals surface area contributed by atoms with Crippen molar-refractivity contribution in [2.24, 2.45) is 0 Å². The molecule has 68 valence electrons. The predicted octanol–water partition coefficient (Wildman–Crippen LogP) is 0.151. The van der Waals surface area contributed by atoms with E-state index >= 15 is 0 Å². The SMILES string of the molecule is Nc1n[nH]c(-c2cc[nH]c2N)c1N. The molecule has 0 fully saturated rings. The molecule has 2 aromatic rings. The Labute approximate surface area is 74.1 Å². The third-order valence-corrected chi connectivity index (χ3v) is 1.88. The second kappa shape index (κ2) is 2.44. The lowest BCUT2D eigenvalue weighted by molar-refractivity contribution is 1.10. The maximum atomic E-state index is 5.67. The minimum atomic E-state index is 0.288. The van der Waals surface area contributed by atoms with Gasteiger partial charge in [0.15, 0.2) is 5.82 Å². The van der Waals surface area contributed by atoms with Crippen LogP contribution in [0, 0.1) is 0 Å². The van der Waals surface area contributed by atoms with Crippen LogP contribution in [0.5, 0.6) is 0 Å². The summed E-state index contributed by atoms with van der Waals surface area (Å²) in [6.07, 6.45) is 1.72. The zero-order valence-corrected chi connectivity index (χ0v) is 6.83. The van der Waals surface area contributed by atoms with Crippen LogP contribution in [-0.4, -0.2) is 15.2 Å². The third kappa shape index (κ3) is 0.994. The molecule has 8 N–H and O–H groups in total. The van der Waals surface area contributed by atoms with Crippen LogP contribution in [0.4, 0.5) is 17.3 Å². The number of hydrogen-bond acceptors (Lipinski definition) is 4. The molecule has 0 atom stereocenters. The number of rotatable bonds is 1. The van der Waals surface area contributed by atoms with Crippen LogP contribution in [0.25, 0.3) is 11.3 Å². The van der Waals surface area contributed by atoms with E-state index in [1.807, 2.05) is 0 Å². The van der Waals surface area contributed by atoms with Crippen LogP contribution in [0.3, 0.4) is 0 Å². The largest absolute Gasteiger partial charge is 0.394 e. The Morgan fingerprint density at radius 1 is 1.23 bits per heavy atom. The Balaban J connectivity index is 2.59. The maximum absolute atomic E-state index is 5.67. The van der Waals surface area contributed by atoms with Crippen LogP contribution in [0.2, 0.25) is 0 Å². The first kappa shape index (κ1) is 7.53. The van der Waals surface area contributed by atoms with Gasteiger partial charge in [0.05, 0.1) is 5.69 Å². The Kier molecular flexibility index (Phi) is 1.42. The fraction of sp³-hybridized carbons (Fsp3) is 0. The van der Waals surface area contributed by atoms with Gasteiger partial charge in [-0.3, -0.25) is 5.10 Å². The van der Waals surface area contributed by atoms with Gasteiger partial charge in [-0.1, -0.05) is 0 Å². The number of anilines is 3. The van der Waals surface area contributed by atoms with Gasteiger partial charge in [0.2, 0.25) is 0 Å². The molecule has 0 unspecified atom stereocenters. The lowest BCUT2D eigenvalue weighted by Gasteiger charge is -1.96. The molecule has 2 aromatic heterocycles. The summed E-state index contributed by atoms with van der Waals surface area (Å²) < 4.78 is 0. The molecule has 0 saturated carbocycles. The summed E-state index contributed by atoms with van der Waals surface area (Å²) in [5.74, 6) is 0.825. The van der Waals surface area contributed by atoms with Gasteiger partial charge >= 0.3 is 0 Å². The Morgan fingerprint density at radius 3 is 2.46 bits per heavy atom. The summed E-state index contributed by atoms with van der Waals surface area (Å²) in [5.41, 5.74) is 18.7. The molecule has 0 spiro atoms. The first-order valence-corrected chi connectivity index (χ1v) is 3.72. The number of aromatic nitrogens is 3. The summed E-state index contributed by atoms with van der Waals surface area (Å²) in [6, 6.07) is 1.80. The van der Waals surface area contributed by atoms with Crippen molar-refractivity contribution >= 4 is 17.3 Å². The highest BCUT2D eigenvalue weighted by molar-refractivity contribution is 5.84. The van der Waals surface area contributed by atoms with Crippen molar-refractivity contribution < 1.29 is 0 Å². The van der Waals surface area contributed by atoms with Gasteiger partial charge in [-0.15, -0.1) is 0 Å². The molecule has 0 aromatic carbocycles. The number of nitrogens with two attached hydrogens (primary N) is 3. The van der Waals surface area contributed by atoms with E-state index in [1.54, 1.807) is 12.3 Å². The molecule has 0 radical (unpaired) electrons. The van der Waals surface area contributed by atoms with E-state index in [1.165, 1.54) is 0 Å². The highest BCUT2D eigenvalue weighted by Crippen LogP contribution is 2.30. The average molecular weight is 178 g/mol. The molecule has 2 rings (SSSR count). The molecule has 0 aliphatic rings. The molecule has 0 aliphatic heterocycles. The quantitative estimate of drug-likeness (QED) is 0.426. The Morgan fingerprint density at radius 2 is 2.00 bits per heavy atom. The van der Waals surface area contributed by atoms with Gasteiger partial charge in [-0.25, -0.2) is 0 Å². The number of nitrogens with zero attached hydrogens (tertiary/aromatic N) is 1. The van der Waals surface area contributed by atoms with E-state index in [4.69, 9.17) is 17.2 Å². The van der Waals surface area contributed by atoms with Crippen molar-refractivity contribution in [3.8, 4) is 11.3 Å². The van der Waals surface area contributed by atoms with Gasteiger partial charge in [0, 0.05) is 11.8 Å². The normalized spacial score (nSPS) is 10.5. The minimum absolute atomic E-state index is 0.288. The first-order chi connectivity index (χ1) is 6.20. The van der Waals surface area contributed by atoms with E-state index in [9.17, 15) is 0 Å². The smallest absolute Gasteiger partial charge is 0.169 e. The Hall–Kier alpha value is -2.11. The van der Waals surface area contributed by atoms with Crippen molar-refractivity contribution in [2.75, 3.05) is 17.2 Å². The Bertz CT molecular complexity index is 426. The highest BCUT2D eigenvalue weighted by atomic mass is 15.2. The average Bonchev–Trinajstić information content (AvgIpc) is 2.62. The van der Waals surface area contributed by atoms with Crippen molar-refractivity contribution in [3.05, 3.63) is 12.3 Å². The van der Waals surface area contributed by atoms with E-state index in [0.717, 1.165) is 5.56 Å². The van der Waals surface area contributed by atoms with E-state index in [0.29, 0.717) is 17.2 Å². The molecule has 6 nitrogen and oxygen atoms in total. The van der Waals surface area contributed by atoms with Crippen LogP contribution < -0.4 is 17.2 Å². The molecule has 0 amide bonds. The number of hydrogen-bond donors (Lipinski definition) is 5. The summed E-state index contributed by atoms with van der Waals surface area (Å²) in [5, 5.41) is 6.49. The van der Waals surface area contributed by atoms with Gasteiger partial charge < -0.3 is 22.2 Å². The zero-order chi connectivity index (χ0) is 9.42. The van der Waals surface area contributed by atoms with Crippen LogP contribution in [-0.2, 0) is 0 Å². The van der Waals surface area contributed by atoms with Gasteiger partial charge in [-0.05, 0) is 6.07 Å². The maximum Gasteiger partial charge on any atom is 0.169 e. The van der Waals surface area contributed by atoms with Crippen molar-refractivity contribution in [1.29, 1.82) is 0 Å². The van der Waals surface area contributed by atoms with Crippen LogP contribution in [0.1, 0.15) is 0 Å². The second-order valence-corrected chi connectivity index (χ2v) is 2.70. The molecule has 13 heavy (non-hydrogen) atoms. The summed E-state index contributed by atoms with van der Waals surface area (Å²) >= 11 is 0. The number of aromatic amines is 2. The molecular formula is C7H10N6. The fourth-order valence-corrected chi connectivity index (χ4v) is 1.17. The summed E-state index contributed by atoms with van der Waals surface area (Å²) in [6.45, 7) is 0. The topological polar surface area (TPSA) is 123 Å². The van der Waals surface area contributed by atoms with Crippen molar-refractivity contribution in [1.82, 2.24) is 15.2 Å². The number of nitrogen functional groups attached to an aromatic ring is 3. The molecular weight excluding hydrogens is 168 g/mol. The number of H-pyrrole nitrogens is 2. The van der Waals surface area contributed by atoms with Gasteiger partial charge in [0.1, 0.15) is 11.5 Å². The van der Waals surface area contributed by atoms with Crippen molar-refractivity contribution in [2.45, 2.75) is 0 Å². The van der Waals surface area contributed by atoms with Crippen LogP contribution in [0.15, 0.2) is 12.3 Å². The van der Waals surface area contributed by atoms with E-state index < -0.39 is 0 Å². The minimum Gasteiger partial charge on any atom is -0.394 e. The van der Waals surface area contributed by atoms with E-state index in [-0.39, 0.29) is 5.82 Å². The summed E-state index contributed by atoms with van der Waals surface area (Å²) in [7, 11) is 0. The summed E-state index contributed by atoms with van der Waals surface area (Å²) in [4.78, 5) is 2.84. The van der Waals surface area contributed by atoms with E-state index in [2.05, 4.69) is 15.2 Å². The fourth-order valence-electron chi connectivity index (χ4n) is 1.17. The van der Waals surface area contributed by atoms with Crippen LogP contribution >= 0.6 is 0 Å². The standard InChI is InChI=1S/C7H10N6/c8-4-5(12-13-7(4)10)3-1-2-11-6(3)9/h1-2,11H,8-9H2,(H3,10,12,13). The lowest BCUT2D eigenvalue weighted by Crippen LogP contribution is -1.93.